The molecule has 0 saturated heterocycles. The summed E-state index contributed by atoms with van der Waals surface area (Å²) in [6, 6.07) is 13.0. The molecule has 6 heteroatoms. The maximum Gasteiger partial charge on any atom is 0.231 e. The second-order valence-electron chi connectivity index (χ2n) is 9.03. The summed E-state index contributed by atoms with van der Waals surface area (Å²) in [6.45, 7) is 6.16. The minimum absolute atomic E-state index is 0.0317. The third kappa shape index (κ3) is 3.26. The average Bonchev–Trinajstić information content (AvgIpc) is 3.14. The Kier molecular flexibility index (Phi) is 4.54. The maximum absolute atomic E-state index is 13.5. The van der Waals surface area contributed by atoms with Crippen LogP contribution in [-0.4, -0.2) is 18.5 Å². The second-order valence-corrected chi connectivity index (χ2v) is 9.03. The molecule has 2 unspecified atom stereocenters. The number of benzene rings is 2. The average molecular weight is 418 g/mol. The number of carbonyl (C=O) groups excluding carboxylic acids is 2. The van der Waals surface area contributed by atoms with Crippen molar-refractivity contribution in [3.05, 3.63) is 59.8 Å². The summed E-state index contributed by atoms with van der Waals surface area (Å²) in [7, 11) is 0. The molecule has 0 radical (unpaired) electrons. The predicted octanol–water partition coefficient (Wildman–Crippen LogP) is 4.82. The summed E-state index contributed by atoms with van der Waals surface area (Å²) >= 11 is 0. The van der Waals surface area contributed by atoms with Gasteiger partial charge in [-0.1, -0.05) is 45.0 Å². The van der Waals surface area contributed by atoms with E-state index in [0.717, 1.165) is 22.6 Å². The number of rotatable bonds is 2. The molecule has 2 heterocycles. The Morgan fingerprint density at radius 1 is 1.16 bits per heavy atom. The number of amides is 1. The van der Waals surface area contributed by atoms with Crippen LogP contribution in [0.15, 0.2) is 54.2 Å². The predicted molar refractivity (Wildman–Crippen MR) is 118 cm³/mol. The van der Waals surface area contributed by atoms with Gasteiger partial charge in [-0.2, -0.15) is 0 Å². The van der Waals surface area contributed by atoms with Gasteiger partial charge >= 0.3 is 0 Å². The van der Waals surface area contributed by atoms with Crippen LogP contribution in [0.3, 0.4) is 0 Å². The molecular formula is C25H26N2O4. The van der Waals surface area contributed by atoms with Crippen LogP contribution in [0.5, 0.6) is 11.5 Å². The fourth-order valence-corrected chi connectivity index (χ4v) is 4.90. The summed E-state index contributed by atoms with van der Waals surface area (Å²) in [5, 5.41) is 3.50. The summed E-state index contributed by atoms with van der Waals surface area (Å²) in [5.41, 5.74) is 3.05. The lowest BCUT2D eigenvalue weighted by molar-refractivity contribution is -0.125. The molecule has 0 spiro atoms. The van der Waals surface area contributed by atoms with E-state index < -0.39 is 12.0 Å². The van der Waals surface area contributed by atoms with Gasteiger partial charge in [-0.15, -0.1) is 0 Å². The third-order valence-electron chi connectivity index (χ3n) is 6.20. The molecule has 0 aromatic heterocycles. The number of hydrogen-bond acceptors (Lipinski definition) is 5. The van der Waals surface area contributed by atoms with E-state index in [1.54, 1.807) is 4.90 Å². The monoisotopic (exact) mass is 418 g/mol. The van der Waals surface area contributed by atoms with Crippen molar-refractivity contribution >= 4 is 23.1 Å². The highest BCUT2D eigenvalue weighted by Gasteiger charge is 2.46. The number of allylic oxidation sites excluding steroid dienone is 1. The van der Waals surface area contributed by atoms with Gasteiger partial charge in [-0.05, 0) is 35.2 Å². The standard InChI is InChI=1S/C25H26N2O4/c1-4-22(29)27-18-8-6-5-7-16(18)26-17-12-25(2,3)13-19(28)23(17)24(27)15-9-10-20-21(11-15)31-14-30-20/h5-12,23-24,26H,4,13-14H2,1-3H3. The number of fused-ring (bicyclic) bond motifs is 3. The molecule has 5 rings (SSSR count). The molecule has 31 heavy (non-hydrogen) atoms. The van der Waals surface area contributed by atoms with Crippen molar-refractivity contribution in [1.29, 1.82) is 0 Å². The second kappa shape index (κ2) is 7.15. The first-order valence-corrected chi connectivity index (χ1v) is 10.7. The lowest BCUT2D eigenvalue weighted by Crippen LogP contribution is -2.43. The summed E-state index contributed by atoms with van der Waals surface area (Å²) < 4.78 is 11.1. The quantitative estimate of drug-likeness (QED) is 0.757. The topological polar surface area (TPSA) is 67.9 Å². The van der Waals surface area contributed by atoms with Crippen molar-refractivity contribution in [3.63, 3.8) is 0 Å². The molecule has 1 amide bonds. The van der Waals surface area contributed by atoms with E-state index in [2.05, 4.69) is 25.2 Å². The van der Waals surface area contributed by atoms with Gasteiger partial charge in [0, 0.05) is 18.5 Å². The van der Waals surface area contributed by atoms with E-state index in [1.807, 2.05) is 49.4 Å². The van der Waals surface area contributed by atoms with Crippen LogP contribution in [-0.2, 0) is 9.59 Å². The van der Waals surface area contributed by atoms with Crippen molar-refractivity contribution < 1.29 is 19.1 Å². The summed E-state index contributed by atoms with van der Waals surface area (Å²) in [6.07, 6.45) is 2.91. The molecule has 2 aromatic carbocycles. The van der Waals surface area contributed by atoms with Crippen LogP contribution in [0.25, 0.3) is 0 Å². The van der Waals surface area contributed by atoms with Gasteiger partial charge < -0.3 is 19.7 Å². The molecule has 160 valence electrons. The Morgan fingerprint density at radius 2 is 1.94 bits per heavy atom. The fourth-order valence-electron chi connectivity index (χ4n) is 4.90. The van der Waals surface area contributed by atoms with Gasteiger partial charge in [0.25, 0.3) is 0 Å². The van der Waals surface area contributed by atoms with Gasteiger partial charge in [-0.25, -0.2) is 0 Å². The van der Waals surface area contributed by atoms with E-state index in [9.17, 15) is 9.59 Å². The van der Waals surface area contributed by atoms with Gasteiger partial charge in [0.15, 0.2) is 11.5 Å². The Labute approximate surface area is 181 Å². The van der Waals surface area contributed by atoms with Gasteiger partial charge in [0.05, 0.1) is 23.3 Å². The Hall–Kier alpha value is -3.28. The first kappa shape index (κ1) is 19.7. The highest BCUT2D eigenvalue weighted by molar-refractivity contribution is 6.01. The van der Waals surface area contributed by atoms with E-state index >= 15 is 0 Å². The van der Waals surface area contributed by atoms with Crippen LogP contribution >= 0.6 is 0 Å². The van der Waals surface area contributed by atoms with Crippen molar-refractivity contribution in [2.75, 3.05) is 17.0 Å². The molecule has 3 aliphatic rings. The molecule has 0 saturated carbocycles. The Bertz CT molecular complexity index is 1100. The SMILES string of the molecule is CCC(=O)N1c2ccccc2NC2=CC(C)(C)CC(=O)C2C1c1ccc2c(c1)OCO2. The van der Waals surface area contributed by atoms with Crippen LogP contribution in [0.4, 0.5) is 11.4 Å². The highest BCUT2D eigenvalue weighted by Crippen LogP contribution is 2.49. The minimum atomic E-state index is -0.490. The molecule has 2 atom stereocenters. The number of Topliss-reactive ketones (excluding diaryl/α,β-unsaturated/α-hetero) is 1. The molecule has 0 fully saturated rings. The van der Waals surface area contributed by atoms with Gasteiger partial charge in [0.1, 0.15) is 5.78 Å². The number of para-hydroxylation sites is 2. The zero-order valence-corrected chi connectivity index (χ0v) is 18.0. The number of nitrogens with zero attached hydrogens (tertiary/aromatic N) is 1. The number of hydrogen-bond donors (Lipinski definition) is 1. The number of carbonyl (C=O) groups is 2. The molecule has 6 nitrogen and oxygen atoms in total. The van der Waals surface area contributed by atoms with Crippen LogP contribution < -0.4 is 19.7 Å². The molecule has 1 aliphatic carbocycles. The molecular weight excluding hydrogens is 392 g/mol. The summed E-state index contributed by atoms with van der Waals surface area (Å²) in [5.74, 6) is 0.920. The number of ketones is 1. The van der Waals surface area contributed by atoms with Crippen molar-refractivity contribution in [2.45, 2.75) is 39.7 Å². The van der Waals surface area contributed by atoms with Gasteiger partial charge in [0.2, 0.25) is 12.7 Å². The first-order valence-electron chi connectivity index (χ1n) is 10.7. The normalized spacial score (nSPS) is 23.3. The van der Waals surface area contributed by atoms with E-state index in [0.29, 0.717) is 24.3 Å². The van der Waals surface area contributed by atoms with Crippen molar-refractivity contribution in [3.8, 4) is 11.5 Å². The van der Waals surface area contributed by atoms with Crippen LogP contribution in [0, 0.1) is 11.3 Å². The van der Waals surface area contributed by atoms with E-state index in [-0.39, 0.29) is 23.9 Å². The molecule has 1 N–H and O–H groups in total. The number of ether oxygens (including phenoxy) is 2. The van der Waals surface area contributed by atoms with E-state index in [4.69, 9.17) is 9.47 Å². The van der Waals surface area contributed by atoms with Crippen LogP contribution in [0.1, 0.15) is 45.2 Å². The lowest BCUT2D eigenvalue weighted by Gasteiger charge is -2.39. The zero-order chi connectivity index (χ0) is 21.8. The van der Waals surface area contributed by atoms with Crippen molar-refractivity contribution in [1.82, 2.24) is 0 Å². The van der Waals surface area contributed by atoms with Crippen molar-refractivity contribution in [2.24, 2.45) is 11.3 Å². The minimum Gasteiger partial charge on any atom is -0.454 e. The third-order valence-corrected chi connectivity index (χ3v) is 6.20. The molecule has 2 aromatic rings. The number of anilines is 2. The highest BCUT2D eigenvalue weighted by atomic mass is 16.7. The van der Waals surface area contributed by atoms with Gasteiger partial charge in [-0.3, -0.25) is 9.59 Å². The Morgan fingerprint density at radius 3 is 2.74 bits per heavy atom. The molecule has 2 aliphatic heterocycles. The van der Waals surface area contributed by atoms with Crippen LogP contribution in [0.2, 0.25) is 0 Å². The first-order chi connectivity index (χ1) is 14.9. The fraction of sp³-hybridized carbons (Fsp3) is 0.360. The van der Waals surface area contributed by atoms with E-state index in [1.165, 1.54) is 0 Å². The lowest BCUT2D eigenvalue weighted by atomic mass is 9.72. The molecule has 0 bridgehead atoms. The summed E-state index contributed by atoms with van der Waals surface area (Å²) in [4.78, 5) is 28.7. The zero-order valence-electron chi connectivity index (χ0n) is 18.0. The Balaban J connectivity index is 1.76. The largest absolute Gasteiger partial charge is 0.454 e. The number of nitrogens with one attached hydrogen (secondary N) is 1. The smallest absolute Gasteiger partial charge is 0.231 e. The maximum atomic E-state index is 13.5.